The molecule has 0 saturated heterocycles. The average Bonchev–Trinajstić information content (AvgIpc) is 1.96. The summed E-state index contributed by atoms with van der Waals surface area (Å²) in [5, 5.41) is 0. The zero-order chi connectivity index (χ0) is 14.1. The Hall–Kier alpha value is -0.865. The quantitative estimate of drug-likeness (QED) is 0.564. The Balaban J connectivity index is 4.67. The van der Waals surface area contributed by atoms with Crippen molar-refractivity contribution in [3.63, 3.8) is 0 Å². The highest BCUT2D eigenvalue weighted by atomic mass is 19.4. The molecule has 0 heterocycles. The van der Waals surface area contributed by atoms with Gasteiger partial charge in [-0.15, -0.1) is 12.1 Å². The van der Waals surface area contributed by atoms with Crippen LogP contribution in [0.25, 0.3) is 0 Å². The van der Waals surface area contributed by atoms with Crippen LogP contribution in [0.1, 0.15) is 0 Å². The highest BCUT2D eigenvalue weighted by Gasteiger charge is 2.58. The van der Waals surface area contributed by atoms with Crippen molar-refractivity contribution in [2.24, 2.45) is 0 Å². The number of rotatable bonds is 4. The maximum Gasteiger partial charge on any atom is 0.507 e. The fraction of sp³-hybridized carbons (Fsp3) is 0.667. The number of hydrogen-bond donors (Lipinski definition) is 0. The molecule has 0 aromatic rings. The molecule has 0 aliphatic carbocycles. The highest BCUT2D eigenvalue weighted by molar-refractivity contribution is 6.66. The lowest BCUT2D eigenvalue weighted by Gasteiger charge is -2.25. The second-order valence-corrected chi connectivity index (χ2v) is 3.01. The van der Waals surface area contributed by atoms with Crippen molar-refractivity contribution in [1.29, 1.82) is 0 Å². The third-order valence-electron chi connectivity index (χ3n) is 1.49. The smallest absolute Gasteiger partial charge is 0.445 e. The van der Waals surface area contributed by atoms with Gasteiger partial charge in [-0.05, 0) is 0 Å². The molecule has 0 bridgehead atoms. The van der Waals surface area contributed by atoms with Crippen LogP contribution in [-0.4, -0.2) is 32.0 Å². The first kappa shape index (κ1) is 16.1. The van der Waals surface area contributed by atoms with Crippen LogP contribution < -0.4 is 0 Å². The minimum atomic E-state index is -5.84. The van der Waals surface area contributed by atoms with Gasteiger partial charge < -0.3 is 17.7 Å². The van der Waals surface area contributed by atoms with Gasteiger partial charge >= 0.3 is 19.3 Å². The minimum absolute atomic E-state index is 1.77. The number of halogens is 9. The Morgan fingerprint density at radius 1 is 1.00 bits per heavy atom. The standard InChI is InChI=1S/C6H5BF9O/c1-3(7(14,15)16)2-17-4(5(8,9)10)6(11,12)13/h4H,1-2H2/q-1. The van der Waals surface area contributed by atoms with E-state index in [2.05, 4.69) is 11.3 Å². The van der Waals surface area contributed by atoms with Crippen LogP contribution in [0.5, 0.6) is 0 Å². The molecule has 11 heteroatoms. The summed E-state index contributed by atoms with van der Waals surface area (Å²) in [6.45, 7) is -5.31. The van der Waals surface area contributed by atoms with Crippen LogP contribution >= 0.6 is 0 Å². The Morgan fingerprint density at radius 2 is 1.35 bits per heavy atom. The molecular weight excluding hydrogens is 270 g/mol. The molecule has 0 aliphatic rings. The van der Waals surface area contributed by atoms with Gasteiger partial charge in [0.25, 0.3) is 0 Å². The van der Waals surface area contributed by atoms with E-state index in [-0.39, 0.29) is 0 Å². The van der Waals surface area contributed by atoms with Crippen LogP contribution in [0.4, 0.5) is 39.3 Å². The summed E-state index contributed by atoms with van der Waals surface area (Å²) in [6, 6.07) is 0. The Labute approximate surface area is 89.3 Å². The summed E-state index contributed by atoms with van der Waals surface area (Å²) in [5.41, 5.74) is -1.77. The molecule has 1 nitrogen and oxygen atoms in total. The molecule has 0 saturated carbocycles. The van der Waals surface area contributed by atoms with E-state index < -0.39 is 37.5 Å². The van der Waals surface area contributed by atoms with E-state index in [1.165, 1.54) is 0 Å². The van der Waals surface area contributed by atoms with E-state index in [9.17, 15) is 39.3 Å². The first-order valence-electron chi connectivity index (χ1n) is 3.89. The number of alkyl halides is 6. The summed E-state index contributed by atoms with van der Waals surface area (Å²) in [5.74, 6) is 0. The molecule has 17 heavy (non-hydrogen) atoms. The Morgan fingerprint density at radius 3 is 1.59 bits per heavy atom. The Kier molecular flexibility index (Phi) is 4.54. The maximum atomic E-state index is 11.8. The maximum absolute atomic E-state index is 11.8. The molecule has 102 valence electrons. The lowest BCUT2D eigenvalue weighted by molar-refractivity contribution is -0.319. The fourth-order valence-corrected chi connectivity index (χ4v) is 0.659. The van der Waals surface area contributed by atoms with Crippen LogP contribution in [0.3, 0.4) is 0 Å². The fourth-order valence-electron chi connectivity index (χ4n) is 0.659. The predicted octanol–water partition coefficient (Wildman–Crippen LogP) is 3.44. The van der Waals surface area contributed by atoms with E-state index in [0.717, 1.165) is 0 Å². The third-order valence-corrected chi connectivity index (χ3v) is 1.49. The molecule has 0 aromatic heterocycles. The molecule has 0 amide bonds. The van der Waals surface area contributed by atoms with E-state index in [4.69, 9.17) is 0 Å². The summed E-state index contributed by atoms with van der Waals surface area (Å²) >= 11 is 0. The molecule has 0 atom stereocenters. The van der Waals surface area contributed by atoms with Gasteiger partial charge in [0.2, 0.25) is 6.10 Å². The summed E-state index contributed by atoms with van der Waals surface area (Å²) in [6.07, 6.45) is -15.9. The highest BCUT2D eigenvalue weighted by Crippen LogP contribution is 2.36. The van der Waals surface area contributed by atoms with Gasteiger partial charge in [0.1, 0.15) is 0 Å². The second kappa shape index (κ2) is 4.79. The molecule has 0 aliphatic heterocycles. The van der Waals surface area contributed by atoms with Crippen LogP contribution in [0, 0.1) is 0 Å². The Bertz CT molecular complexity index is 261. The van der Waals surface area contributed by atoms with Gasteiger partial charge in [-0.2, -0.15) is 26.3 Å². The third kappa shape index (κ3) is 5.33. The van der Waals surface area contributed by atoms with Gasteiger partial charge in [0.15, 0.2) is 0 Å². The lowest BCUT2D eigenvalue weighted by atomic mass is 9.81. The summed E-state index contributed by atoms with van der Waals surface area (Å²) < 4.78 is 110. The normalized spacial score (nSPS) is 14.2. The molecular formula is C6H5BF9O-. The molecule has 0 rings (SSSR count). The van der Waals surface area contributed by atoms with Crippen LogP contribution in [-0.2, 0) is 4.74 Å². The molecule has 0 aromatic carbocycles. The van der Waals surface area contributed by atoms with Crippen molar-refractivity contribution >= 4 is 6.98 Å². The predicted molar refractivity (Wildman–Crippen MR) is 40.1 cm³/mol. The summed E-state index contributed by atoms with van der Waals surface area (Å²) in [7, 11) is 0. The molecule has 0 spiro atoms. The van der Waals surface area contributed by atoms with Gasteiger partial charge in [0, 0.05) is 6.61 Å². The molecule has 0 N–H and O–H groups in total. The van der Waals surface area contributed by atoms with Crippen molar-refractivity contribution in [2.75, 3.05) is 6.61 Å². The van der Waals surface area contributed by atoms with Crippen LogP contribution in [0.15, 0.2) is 12.1 Å². The second-order valence-electron chi connectivity index (χ2n) is 3.01. The van der Waals surface area contributed by atoms with Gasteiger partial charge in [-0.1, -0.05) is 0 Å². The van der Waals surface area contributed by atoms with Crippen molar-refractivity contribution in [3.05, 3.63) is 12.1 Å². The van der Waals surface area contributed by atoms with Crippen molar-refractivity contribution in [1.82, 2.24) is 0 Å². The zero-order valence-electron chi connectivity index (χ0n) is 7.88. The first-order chi connectivity index (χ1) is 7.26. The lowest BCUT2D eigenvalue weighted by Crippen LogP contribution is -2.45. The minimum Gasteiger partial charge on any atom is -0.445 e. The van der Waals surface area contributed by atoms with E-state index in [0.29, 0.717) is 0 Å². The largest absolute Gasteiger partial charge is 0.507 e. The molecule has 0 fully saturated rings. The average molecular weight is 275 g/mol. The summed E-state index contributed by atoms with van der Waals surface area (Å²) in [4.78, 5) is 0. The topological polar surface area (TPSA) is 9.23 Å². The van der Waals surface area contributed by atoms with Gasteiger partial charge in [-0.3, -0.25) is 0 Å². The van der Waals surface area contributed by atoms with E-state index in [1.807, 2.05) is 0 Å². The van der Waals surface area contributed by atoms with Crippen molar-refractivity contribution in [2.45, 2.75) is 18.5 Å². The first-order valence-corrected chi connectivity index (χ1v) is 3.89. The van der Waals surface area contributed by atoms with Crippen LogP contribution in [0.2, 0.25) is 0 Å². The van der Waals surface area contributed by atoms with E-state index >= 15 is 0 Å². The monoisotopic (exact) mass is 275 g/mol. The molecule has 0 unspecified atom stereocenters. The van der Waals surface area contributed by atoms with Crippen molar-refractivity contribution < 1.29 is 44.0 Å². The number of hydrogen-bond acceptors (Lipinski definition) is 1. The number of ether oxygens (including phenoxy) is 1. The van der Waals surface area contributed by atoms with Crippen molar-refractivity contribution in [3.8, 4) is 0 Å². The molecule has 0 radical (unpaired) electrons. The van der Waals surface area contributed by atoms with Gasteiger partial charge in [0.05, 0.1) is 0 Å². The van der Waals surface area contributed by atoms with Gasteiger partial charge in [-0.25, -0.2) is 0 Å². The SMILES string of the molecule is C=C(COC(C(F)(F)F)C(F)(F)F)[B-](F)(F)F. The van der Waals surface area contributed by atoms with E-state index in [1.54, 1.807) is 0 Å². The zero-order valence-corrected chi connectivity index (χ0v) is 7.88.